The van der Waals surface area contributed by atoms with Crippen LogP contribution in [0.2, 0.25) is 0 Å². The van der Waals surface area contributed by atoms with Gasteiger partial charge in [0.15, 0.2) is 0 Å². The standard InChI is InChI=1S/C12H18INO/c1-11-3-2-8-14(11)9-10-15-12-4-6-13-7-5-12/h4-7,11H,2-3,8-10H2,1H3/t11-/m1/s1. The molecule has 3 heteroatoms. The summed E-state index contributed by atoms with van der Waals surface area (Å²) in [5.74, 6) is 1.04. The van der Waals surface area contributed by atoms with Gasteiger partial charge in [0.2, 0.25) is 0 Å². The summed E-state index contributed by atoms with van der Waals surface area (Å²) in [4.78, 5) is 2.52. The van der Waals surface area contributed by atoms with Crippen molar-refractivity contribution in [3.8, 4) is 0 Å². The summed E-state index contributed by atoms with van der Waals surface area (Å²) in [6, 6.07) is 0.752. The lowest BCUT2D eigenvalue weighted by molar-refractivity contribution is 0.161. The maximum absolute atomic E-state index is 5.71. The van der Waals surface area contributed by atoms with Crippen LogP contribution in [0.15, 0.2) is 22.0 Å². The van der Waals surface area contributed by atoms with Crippen LogP contribution in [0.3, 0.4) is 0 Å². The highest BCUT2D eigenvalue weighted by molar-refractivity contribution is 14.2. The summed E-state index contributed by atoms with van der Waals surface area (Å²) in [6.45, 7) is 5.45. The second-order valence-electron chi connectivity index (χ2n) is 3.99. The minimum Gasteiger partial charge on any atom is -0.492 e. The van der Waals surface area contributed by atoms with Gasteiger partial charge in [-0.3, -0.25) is 4.90 Å². The van der Waals surface area contributed by atoms with E-state index in [2.05, 4.69) is 32.1 Å². The lowest BCUT2D eigenvalue weighted by Gasteiger charge is -2.21. The van der Waals surface area contributed by atoms with E-state index in [0.29, 0.717) is 0 Å². The summed E-state index contributed by atoms with van der Waals surface area (Å²) in [6.07, 6.45) is 6.92. The molecular weight excluding hydrogens is 301 g/mol. The molecule has 2 aliphatic heterocycles. The van der Waals surface area contributed by atoms with Crippen LogP contribution < -0.4 is 0 Å². The fraction of sp³-hybridized carbons (Fsp3) is 0.583. The Balaban J connectivity index is 1.68. The lowest BCUT2D eigenvalue weighted by Crippen LogP contribution is -2.30. The largest absolute Gasteiger partial charge is 0.492 e. The first-order valence-corrected chi connectivity index (χ1v) is 8.04. The molecule has 1 fully saturated rings. The van der Waals surface area contributed by atoms with Gasteiger partial charge in [0.25, 0.3) is 0 Å². The molecule has 0 saturated carbocycles. The molecule has 0 aromatic heterocycles. The number of allylic oxidation sites excluding steroid dienone is 2. The van der Waals surface area contributed by atoms with E-state index in [1.54, 1.807) is 0 Å². The number of hydrogen-bond acceptors (Lipinski definition) is 2. The quantitative estimate of drug-likeness (QED) is 0.739. The van der Waals surface area contributed by atoms with E-state index in [4.69, 9.17) is 4.74 Å². The van der Waals surface area contributed by atoms with Crippen LogP contribution >= 0.6 is 20.7 Å². The number of halogens is 1. The molecule has 0 radical (unpaired) electrons. The maximum Gasteiger partial charge on any atom is 0.120 e. The molecule has 0 bridgehead atoms. The summed E-state index contributed by atoms with van der Waals surface area (Å²) in [7, 11) is 0. The highest BCUT2D eigenvalue weighted by atomic mass is 127. The van der Waals surface area contributed by atoms with Crippen LogP contribution in [-0.2, 0) is 4.74 Å². The van der Waals surface area contributed by atoms with Crippen molar-refractivity contribution in [1.82, 2.24) is 4.90 Å². The third kappa shape index (κ3) is 3.41. The van der Waals surface area contributed by atoms with E-state index in [0.717, 1.165) is 25.0 Å². The summed E-state index contributed by atoms with van der Waals surface area (Å²) < 4.78 is 10.2. The zero-order chi connectivity index (χ0) is 10.5. The monoisotopic (exact) mass is 319 g/mol. The molecule has 2 rings (SSSR count). The van der Waals surface area contributed by atoms with Crippen LogP contribution in [0, 0.1) is 0 Å². The molecule has 15 heavy (non-hydrogen) atoms. The molecule has 0 unspecified atom stereocenters. The van der Waals surface area contributed by atoms with Crippen molar-refractivity contribution in [1.29, 1.82) is 0 Å². The van der Waals surface area contributed by atoms with Gasteiger partial charge in [0, 0.05) is 12.6 Å². The van der Waals surface area contributed by atoms with Crippen molar-refractivity contribution in [3.63, 3.8) is 0 Å². The van der Waals surface area contributed by atoms with Gasteiger partial charge in [-0.25, -0.2) is 0 Å². The van der Waals surface area contributed by atoms with Gasteiger partial charge in [0.05, 0.1) is 0 Å². The maximum atomic E-state index is 5.71. The highest BCUT2D eigenvalue weighted by Crippen LogP contribution is 2.16. The fourth-order valence-electron chi connectivity index (χ4n) is 2.00. The molecule has 0 amide bonds. The highest BCUT2D eigenvalue weighted by Gasteiger charge is 2.19. The Labute approximate surface area is 102 Å². The Morgan fingerprint density at radius 2 is 2.53 bits per heavy atom. The zero-order valence-electron chi connectivity index (χ0n) is 9.16. The molecule has 1 atom stereocenters. The van der Waals surface area contributed by atoms with E-state index < -0.39 is 0 Å². The molecule has 0 N–H and O–H groups in total. The first kappa shape index (κ1) is 11.3. The topological polar surface area (TPSA) is 12.5 Å². The molecule has 1 saturated heterocycles. The minimum atomic E-state index is 0.183. The van der Waals surface area contributed by atoms with Gasteiger partial charge in [-0.2, -0.15) is 0 Å². The Bertz CT molecular complexity index is 296. The van der Waals surface area contributed by atoms with Crippen LogP contribution in [0.1, 0.15) is 19.8 Å². The van der Waals surface area contributed by atoms with Crippen molar-refractivity contribution in [3.05, 3.63) is 22.0 Å². The second-order valence-corrected chi connectivity index (χ2v) is 6.15. The first-order valence-electron chi connectivity index (χ1n) is 5.55. The Kier molecular flexibility index (Phi) is 4.38. The predicted molar refractivity (Wildman–Crippen MR) is 73.5 cm³/mol. The minimum absolute atomic E-state index is 0.183. The SMILES string of the molecule is C[C@@H]1CCCN1CCOC1=CC=IC=C1. The molecule has 84 valence electrons. The molecule has 0 aromatic rings. The Morgan fingerprint density at radius 1 is 1.60 bits per heavy atom. The van der Waals surface area contributed by atoms with Crippen molar-refractivity contribution in [2.24, 2.45) is 0 Å². The summed E-state index contributed by atoms with van der Waals surface area (Å²) in [5, 5.41) is 0. The smallest absolute Gasteiger partial charge is 0.120 e. The Hall–Kier alpha value is -0.160. The van der Waals surface area contributed by atoms with Gasteiger partial charge in [-0.15, -0.1) is 0 Å². The van der Waals surface area contributed by atoms with E-state index in [1.165, 1.54) is 19.4 Å². The number of nitrogens with zero attached hydrogens (tertiary/aromatic N) is 1. The van der Waals surface area contributed by atoms with Crippen molar-refractivity contribution in [2.45, 2.75) is 25.8 Å². The molecule has 2 aliphatic rings. The number of likely N-dealkylation sites (tertiary alicyclic amines) is 1. The van der Waals surface area contributed by atoms with Gasteiger partial charge in [-0.1, -0.05) is 20.7 Å². The van der Waals surface area contributed by atoms with E-state index in [-0.39, 0.29) is 20.7 Å². The molecular formula is C12H18INO. The van der Waals surface area contributed by atoms with Gasteiger partial charge in [0.1, 0.15) is 12.4 Å². The van der Waals surface area contributed by atoms with E-state index in [1.807, 2.05) is 0 Å². The average Bonchev–Trinajstić information content (AvgIpc) is 2.66. The number of rotatable bonds is 4. The van der Waals surface area contributed by atoms with Gasteiger partial charge in [-0.05, 0) is 46.6 Å². The number of hydrogen-bond donors (Lipinski definition) is 0. The molecule has 0 spiro atoms. The van der Waals surface area contributed by atoms with E-state index >= 15 is 0 Å². The average molecular weight is 319 g/mol. The third-order valence-corrected chi connectivity index (χ3v) is 4.49. The van der Waals surface area contributed by atoms with Gasteiger partial charge < -0.3 is 4.74 Å². The van der Waals surface area contributed by atoms with Crippen LogP contribution in [0.4, 0.5) is 0 Å². The fourth-order valence-corrected chi connectivity index (χ4v) is 3.36. The van der Waals surface area contributed by atoms with Crippen LogP contribution in [0.25, 0.3) is 0 Å². The zero-order valence-corrected chi connectivity index (χ0v) is 11.3. The van der Waals surface area contributed by atoms with Crippen molar-refractivity contribution < 1.29 is 4.74 Å². The van der Waals surface area contributed by atoms with Crippen molar-refractivity contribution >= 4 is 24.7 Å². The van der Waals surface area contributed by atoms with Crippen molar-refractivity contribution in [2.75, 3.05) is 19.7 Å². The Morgan fingerprint density at radius 3 is 3.20 bits per heavy atom. The van der Waals surface area contributed by atoms with E-state index in [9.17, 15) is 0 Å². The molecule has 2 heterocycles. The normalized spacial score (nSPS) is 26.2. The predicted octanol–water partition coefficient (Wildman–Crippen LogP) is 2.67. The lowest BCUT2D eigenvalue weighted by atomic mass is 10.2. The summed E-state index contributed by atoms with van der Waals surface area (Å²) in [5.41, 5.74) is 0. The van der Waals surface area contributed by atoms with Crippen LogP contribution in [-0.4, -0.2) is 34.6 Å². The number of ether oxygens (including phenoxy) is 1. The first-order chi connectivity index (χ1) is 7.36. The third-order valence-electron chi connectivity index (χ3n) is 2.94. The molecule has 0 aliphatic carbocycles. The van der Waals surface area contributed by atoms with Gasteiger partial charge >= 0.3 is 0 Å². The second kappa shape index (κ2) is 5.80. The summed E-state index contributed by atoms with van der Waals surface area (Å²) >= 11 is 0.183. The molecule has 2 nitrogen and oxygen atoms in total. The molecule has 0 aromatic carbocycles. The van der Waals surface area contributed by atoms with Crippen LogP contribution in [0.5, 0.6) is 0 Å².